The molecule has 1 unspecified atom stereocenters. The van der Waals surface area contributed by atoms with E-state index < -0.39 is 10.9 Å². The van der Waals surface area contributed by atoms with Gasteiger partial charge in [0, 0.05) is 18.1 Å². The molecule has 0 bridgehead atoms. The second-order valence-corrected chi connectivity index (χ2v) is 6.34. The minimum Gasteiger partial charge on any atom is -0.481 e. The third-order valence-corrected chi connectivity index (χ3v) is 3.91. The predicted molar refractivity (Wildman–Crippen MR) is 92.2 cm³/mol. The van der Waals surface area contributed by atoms with Crippen LogP contribution in [0, 0.1) is 16.0 Å². The zero-order valence-corrected chi connectivity index (χ0v) is 13.8. The van der Waals surface area contributed by atoms with Crippen LogP contribution in [0.2, 0.25) is 0 Å². The van der Waals surface area contributed by atoms with Gasteiger partial charge >= 0.3 is 5.97 Å². The van der Waals surface area contributed by atoms with Gasteiger partial charge in [-0.15, -0.1) is 0 Å². The molecular formula is C19H21NO4. The molecule has 0 heterocycles. The average Bonchev–Trinajstić information content (AvgIpc) is 2.53. The first-order valence-corrected chi connectivity index (χ1v) is 7.91. The van der Waals surface area contributed by atoms with Crippen LogP contribution in [0.1, 0.15) is 42.9 Å². The Kier molecular flexibility index (Phi) is 5.68. The van der Waals surface area contributed by atoms with Crippen LogP contribution < -0.4 is 0 Å². The van der Waals surface area contributed by atoms with Crippen molar-refractivity contribution < 1.29 is 14.8 Å². The molecule has 0 fully saturated rings. The summed E-state index contributed by atoms with van der Waals surface area (Å²) in [5.41, 5.74) is 2.88. The van der Waals surface area contributed by atoms with Crippen LogP contribution in [0.25, 0.3) is 0 Å². The number of benzene rings is 2. The SMILES string of the molecule is CC(C)Cc1ccc(C(CC(=O)O)c2ccc([N+](=O)[O-])cc2)cc1. The molecule has 1 atom stereocenters. The number of nitro groups is 1. The van der Waals surface area contributed by atoms with Gasteiger partial charge in [0.05, 0.1) is 11.3 Å². The van der Waals surface area contributed by atoms with E-state index in [0.29, 0.717) is 5.92 Å². The summed E-state index contributed by atoms with van der Waals surface area (Å²) < 4.78 is 0. The lowest BCUT2D eigenvalue weighted by atomic mass is 9.87. The highest BCUT2D eigenvalue weighted by Gasteiger charge is 2.19. The summed E-state index contributed by atoms with van der Waals surface area (Å²) in [7, 11) is 0. The lowest BCUT2D eigenvalue weighted by Crippen LogP contribution is -2.08. The first kappa shape index (κ1) is 17.7. The van der Waals surface area contributed by atoms with Gasteiger partial charge in [-0.1, -0.05) is 50.2 Å². The normalized spacial score (nSPS) is 12.1. The molecule has 5 nitrogen and oxygen atoms in total. The molecule has 0 aliphatic rings. The first-order valence-electron chi connectivity index (χ1n) is 7.91. The maximum absolute atomic E-state index is 11.2. The lowest BCUT2D eigenvalue weighted by molar-refractivity contribution is -0.384. The predicted octanol–water partition coefficient (Wildman–Crippen LogP) is 4.40. The van der Waals surface area contributed by atoms with Gasteiger partial charge in [-0.3, -0.25) is 14.9 Å². The van der Waals surface area contributed by atoms with Gasteiger partial charge in [0.25, 0.3) is 5.69 Å². The Labute approximate surface area is 141 Å². The summed E-state index contributed by atoms with van der Waals surface area (Å²) in [5, 5.41) is 20.0. The van der Waals surface area contributed by atoms with E-state index in [1.54, 1.807) is 12.1 Å². The molecule has 5 heteroatoms. The van der Waals surface area contributed by atoms with E-state index in [2.05, 4.69) is 13.8 Å². The molecule has 126 valence electrons. The van der Waals surface area contributed by atoms with Crippen molar-refractivity contribution in [3.05, 3.63) is 75.3 Å². The number of nitrogens with zero attached hydrogens (tertiary/aromatic N) is 1. The number of hydrogen-bond acceptors (Lipinski definition) is 3. The van der Waals surface area contributed by atoms with Crippen LogP contribution in [0.4, 0.5) is 5.69 Å². The van der Waals surface area contributed by atoms with Gasteiger partial charge in [0.15, 0.2) is 0 Å². The monoisotopic (exact) mass is 327 g/mol. The number of aliphatic carboxylic acids is 1. The molecule has 2 aromatic rings. The van der Waals surface area contributed by atoms with E-state index >= 15 is 0 Å². The van der Waals surface area contributed by atoms with Gasteiger partial charge in [-0.25, -0.2) is 0 Å². The highest BCUT2D eigenvalue weighted by molar-refractivity contribution is 5.69. The molecule has 0 saturated heterocycles. The summed E-state index contributed by atoms with van der Waals surface area (Å²) in [4.78, 5) is 21.5. The van der Waals surface area contributed by atoms with E-state index in [1.807, 2.05) is 24.3 Å². The summed E-state index contributed by atoms with van der Waals surface area (Å²) >= 11 is 0. The molecule has 2 aromatic carbocycles. The molecule has 1 N–H and O–H groups in total. The van der Waals surface area contributed by atoms with E-state index in [1.165, 1.54) is 17.7 Å². The van der Waals surface area contributed by atoms with E-state index in [4.69, 9.17) is 0 Å². The Hall–Kier alpha value is -2.69. The third-order valence-electron chi connectivity index (χ3n) is 3.91. The molecule has 0 aliphatic heterocycles. The molecule has 2 rings (SSSR count). The van der Waals surface area contributed by atoms with Gasteiger partial charge < -0.3 is 5.11 Å². The van der Waals surface area contributed by atoms with Crippen LogP contribution in [0.5, 0.6) is 0 Å². The average molecular weight is 327 g/mol. The molecule has 0 amide bonds. The number of rotatable bonds is 7. The van der Waals surface area contributed by atoms with Crippen molar-refractivity contribution in [3.8, 4) is 0 Å². The minimum atomic E-state index is -0.899. The van der Waals surface area contributed by atoms with Gasteiger partial charge in [-0.2, -0.15) is 0 Å². The van der Waals surface area contributed by atoms with Crippen molar-refractivity contribution in [1.29, 1.82) is 0 Å². The Morgan fingerprint density at radius 2 is 1.54 bits per heavy atom. The molecule has 0 spiro atoms. The smallest absolute Gasteiger partial charge is 0.304 e. The van der Waals surface area contributed by atoms with Crippen LogP contribution in [-0.4, -0.2) is 16.0 Å². The number of non-ortho nitro benzene ring substituents is 1. The summed E-state index contributed by atoms with van der Waals surface area (Å²) in [6.45, 7) is 4.30. The quantitative estimate of drug-likeness (QED) is 0.603. The fourth-order valence-electron chi connectivity index (χ4n) is 2.79. The van der Waals surface area contributed by atoms with Crippen LogP contribution in [-0.2, 0) is 11.2 Å². The zero-order valence-electron chi connectivity index (χ0n) is 13.8. The minimum absolute atomic E-state index is 0.0000985. The summed E-state index contributed by atoms with van der Waals surface area (Å²) in [6.07, 6.45) is 0.919. The van der Waals surface area contributed by atoms with Crippen molar-refractivity contribution in [2.24, 2.45) is 5.92 Å². The van der Waals surface area contributed by atoms with Crippen molar-refractivity contribution in [2.75, 3.05) is 0 Å². The Morgan fingerprint density at radius 1 is 1.04 bits per heavy atom. The fourth-order valence-corrected chi connectivity index (χ4v) is 2.79. The standard InChI is InChI=1S/C19H21NO4/c1-13(2)11-14-3-5-15(6-4-14)18(12-19(21)22)16-7-9-17(10-8-16)20(23)24/h3-10,13,18H,11-12H2,1-2H3,(H,21,22). The summed E-state index contributed by atoms with van der Waals surface area (Å²) in [5.74, 6) is -0.665. The number of carboxylic acid groups (broad SMARTS) is 1. The maximum atomic E-state index is 11.2. The van der Waals surface area contributed by atoms with Crippen molar-refractivity contribution in [2.45, 2.75) is 32.6 Å². The highest BCUT2D eigenvalue weighted by Crippen LogP contribution is 2.30. The van der Waals surface area contributed by atoms with Gasteiger partial charge in [0.2, 0.25) is 0 Å². The lowest BCUT2D eigenvalue weighted by Gasteiger charge is -2.17. The Morgan fingerprint density at radius 3 is 1.96 bits per heavy atom. The molecule has 0 radical (unpaired) electrons. The van der Waals surface area contributed by atoms with Crippen molar-refractivity contribution in [3.63, 3.8) is 0 Å². The Balaban J connectivity index is 2.30. The zero-order chi connectivity index (χ0) is 17.7. The second kappa shape index (κ2) is 7.73. The maximum Gasteiger partial charge on any atom is 0.304 e. The van der Waals surface area contributed by atoms with E-state index in [9.17, 15) is 20.0 Å². The number of carbonyl (C=O) groups is 1. The summed E-state index contributed by atoms with van der Waals surface area (Å²) in [6, 6.07) is 14.0. The molecule has 0 saturated carbocycles. The highest BCUT2D eigenvalue weighted by atomic mass is 16.6. The van der Waals surface area contributed by atoms with E-state index in [-0.39, 0.29) is 18.0 Å². The largest absolute Gasteiger partial charge is 0.481 e. The van der Waals surface area contributed by atoms with Crippen LogP contribution in [0.15, 0.2) is 48.5 Å². The van der Waals surface area contributed by atoms with E-state index in [0.717, 1.165) is 17.5 Å². The van der Waals surface area contributed by atoms with Crippen molar-refractivity contribution in [1.82, 2.24) is 0 Å². The first-order chi connectivity index (χ1) is 11.4. The van der Waals surface area contributed by atoms with Crippen LogP contribution >= 0.6 is 0 Å². The molecule has 24 heavy (non-hydrogen) atoms. The molecular weight excluding hydrogens is 306 g/mol. The second-order valence-electron chi connectivity index (χ2n) is 6.34. The third kappa shape index (κ3) is 4.65. The fraction of sp³-hybridized carbons (Fsp3) is 0.316. The van der Waals surface area contributed by atoms with Crippen molar-refractivity contribution >= 4 is 11.7 Å². The van der Waals surface area contributed by atoms with Gasteiger partial charge in [0.1, 0.15) is 0 Å². The van der Waals surface area contributed by atoms with Gasteiger partial charge in [-0.05, 0) is 29.0 Å². The number of hydrogen-bond donors (Lipinski definition) is 1. The molecule has 0 aromatic heterocycles. The Bertz CT molecular complexity index is 705. The number of carboxylic acids is 1. The number of nitro benzene ring substituents is 1. The molecule has 0 aliphatic carbocycles. The topological polar surface area (TPSA) is 80.4 Å². The van der Waals surface area contributed by atoms with Crippen LogP contribution in [0.3, 0.4) is 0 Å².